The lowest BCUT2D eigenvalue weighted by Crippen LogP contribution is -2.66. The van der Waals surface area contributed by atoms with Crippen LogP contribution in [0.15, 0.2) is 83.0 Å². The summed E-state index contributed by atoms with van der Waals surface area (Å²) in [5.74, 6) is -4.02. The van der Waals surface area contributed by atoms with E-state index in [1.54, 1.807) is 19.2 Å². The Morgan fingerprint density at radius 3 is 2.93 bits per heavy atom. The van der Waals surface area contributed by atoms with Crippen LogP contribution in [-0.2, 0) is 14.3 Å². The minimum atomic E-state index is -1.38. The van der Waals surface area contributed by atoms with E-state index in [9.17, 15) is 18.4 Å². The molecule has 148 valence electrons. The van der Waals surface area contributed by atoms with Gasteiger partial charge in [0, 0.05) is 24.0 Å². The number of amides is 1. The number of carbonyl (C=O) groups excluding carboxylic acids is 2. The number of rotatable bonds is 1. The SMILES string of the molecule is CCOC(=O)[N+]12C=CCC3=C1C(OC1=C(F)C(F)=CC(=O)C12)C1C=CC=CC1=C3. The number of allylic oxidation sites excluding steroid dienone is 8. The number of ether oxygens (including phenoxy) is 2. The molecule has 0 saturated carbocycles. The van der Waals surface area contributed by atoms with Gasteiger partial charge in [0.2, 0.25) is 23.4 Å². The zero-order chi connectivity index (χ0) is 20.3. The number of hydrogen-bond acceptors (Lipinski definition) is 4. The molecular formula is C22H18F2NO4+. The molecule has 0 aromatic rings. The maximum Gasteiger partial charge on any atom is 0.526 e. The fourth-order valence-electron chi connectivity index (χ4n) is 4.78. The van der Waals surface area contributed by atoms with Gasteiger partial charge in [-0.15, -0.1) is 4.48 Å². The Labute approximate surface area is 165 Å². The first kappa shape index (κ1) is 18.0. The average Bonchev–Trinajstić information content (AvgIpc) is 2.72. The van der Waals surface area contributed by atoms with E-state index in [0.717, 1.165) is 11.1 Å². The summed E-state index contributed by atoms with van der Waals surface area (Å²) in [6.07, 6.45) is 12.5. The lowest BCUT2D eigenvalue weighted by Gasteiger charge is -2.50. The molecule has 5 rings (SSSR count). The van der Waals surface area contributed by atoms with Crippen molar-refractivity contribution in [2.24, 2.45) is 5.92 Å². The number of quaternary nitrogens is 1. The van der Waals surface area contributed by atoms with Crippen LogP contribution in [0.5, 0.6) is 0 Å². The van der Waals surface area contributed by atoms with Crippen LogP contribution in [0.1, 0.15) is 13.3 Å². The summed E-state index contributed by atoms with van der Waals surface area (Å²) in [7, 11) is 0. The Hall–Kier alpha value is -3.06. The van der Waals surface area contributed by atoms with E-state index < -0.39 is 45.9 Å². The molecular weight excluding hydrogens is 380 g/mol. The van der Waals surface area contributed by atoms with Crippen molar-refractivity contribution in [1.29, 1.82) is 0 Å². The van der Waals surface area contributed by atoms with Crippen LogP contribution in [0.25, 0.3) is 0 Å². The van der Waals surface area contributed by atoms with Crippen molar-refractivity contribution in [3.8, 4) is 0 Å². The van der Waals surface area contributed by atoms with Gasteiger partial charge in [0.25, 0.3) is 0 Å². The number of carbonyl (C=O) groups is 2. The van der Waals surface area contributed by atoms with Crippen molar-refractivity contribution < 1.29 is 32.3 Å². The molecule has 29 heavy (non-hydrogen) atoms. The number of morpholine rings is 1. The van der Waals surface area contributed by atoms with Gasteiger partial charge in [0.15, 0.2) is 17.6 Å². The van der Waals surface area contributed by atoms with Crippen molar-refractivity contribution in [2.75, 3.05) is 6.61 Å². The lowest BCUT2D eigenvalue weighted by atomic mass is 9.76. The standard InChI is InChI=1S/C22H18F2NO4/c1-2-28-22(27)25-9-5-7-13-10-12-6-3-4-8-14(12)20(18(13)25)29-21-17(24)15(23)11-16(26)19(21)25/h3-6,8-11,14,19-20H,2,7H2,1H3/q+1. The molecule has 4 unspecified atom stereocenters. The van der Waals surface area contributed by atoms with Crippen molar-refractivity contribution in [3.05, 3.63) is 83.0 Å². The Bertz CT molecular complexity index is 1060. The second kappa shape index (κ2) is 6.22. The maximum atomic E-state index is 14.8. The lowest BCUT2D eigenvalue weighted by molar-refractivity contribution is -0.794. The molecule has 5 nitrogen and oxygen atoms in total. The molecule has 0 radical (unpaired) electrons. The second-order valence-corrected chi connectivity index (χ2v) is 7.40. The molecule has 0 bridgehead atoms. The Kier molecular flexibility index (Phi) is 3.86. The van der Waals surface area contributed by atoms with Gasteiger partial charge in [-0.1, -0.05) is 24.3 Å². The van der Waals surface area contributed by atoms with Crippen LogP contribution in [0.4, 0.5) is 13.6 Å². The summed E-state index contributed by atoms with van der Waals surface area (Å²) in [5.41, 5.74) is 2.32. The molecule has 1 fully saturated rings. The van der Waals surface area contributed by atoms with Gasteiger partial charge >= 0.3 is 6.09 Å². The normalized spacial score (nSPS) is 34.0. The molecule has 3 aliphatic carbocycles. The summed E-state index contributed by atoms with van der Waals surface area (Å²) in [5, 5.41) is 0. The molecule has 1 saturated heterocycles. The summed E-state index contributed by atoms with van der Waals surface area (Å²) < 4.78 is 39.6. The largest absolute Gasteiger partial charge is 0.526 e. The Morgan fingerprint density at radius 2 is 2.14 bits per heavy atom. The smallest absolute Gasteiger partial charge is 0.474 e. The van der Waals surface area contributed by atoms with Crippen LogP contribution in [0.3, 0.4) is 0 Å². The first-order chi connectivity index (χ1) is 14.0. The van der Waals surface area contributed by atoms with E-state index in [2.05, 4.69) is 0 Å². The van der Waals surface area contributed by atoms with Gasteiger partial charge in [-0.2, -0.15) is 9.18 Å². The third kappa shape index (κ3) is 2.28. The van der Waals surface area contributed by atoms with Gasteiger partial charge in [0.1, 0.15) is 6.20 Å². The number of ketones is 1. The van der Waals surface area contributed by atoms with Gasteiger partial charge in [-0.05, 0) is 24.6 Å². The fourth-order valence-corrected chi connectivity index (χ4v) is 4.78. The first-order valence-corrected chi connectivity index (χ1v) is 9.50. The zero-order valence-electron chi connectivity index (χ0n) is 15.6. The van der Waals surface area contributed by atoms with Gasteiger partial charge in [0.05, 0.1) is 6.61 Å². The highest BCUT2D eigenvalue weighted by Gasteiger charge is 2.65. The van der Waals surface area contributed by atoms with Gasteiger partial charge in [-0.25, -0.2) is 4.39 Å². The molecule has 1 amide bonds. The van der Waals surface area contributed by atoms with Gasteiger partial charge in [-0.3, -0.25) is 4.79 Å². The first-order valence-electron chi connectivity index (χ1n) is 9.50. The number of fused-ring (bicyclic) bond motifs is 4. The second-order valence-electron chi connectivity index (χ2n) is 7.40. The van der Waals surface area contributed by atoms with E-state index in [4.69, 9.17) is 9.47 Å². The number of halogens is 2. The minimum Gasteiger partial charge on any atom is -0.474 e. The molecule has 7 heteroatoms. The molecule has 0 aromatic heterocycles. The van der Waals surface area contributed by atoms with E-state index in [1.165, 1.54) is 0 Å². The third-order valence-electron chi connectivity index (χ3n) is 5.89. The van der Waals surface area contributed by atoms with Crippen LogP contribution >= 0.6 is 0 Å². The fraction of sp³-hybridized carbons (Fsp3) is 0.273. The highest BCUT2D eigenvalue weighted by atomic mass is 19.2. The van der Waals surface area contributed by atoms with Gasteiger partial charge < -0.3 is 9.47 Å². The van der Waals surface area contributed by atoms with Crippen LogP contribution in [0, 0.1) is 5.92 Å². The quantitative estimate of drug-likeness (QED) is 0.622. The maximum absolute atomic E-state index is 14.8. The monoisotopic (exact) mass is 398 g/mol. The third-order valence-corrected chi connectivity index (χ3v) is 5.89. The number of hydrogen-bond donors (Lipinski definition) is 0. The summed E-state index contributed by atoms with van der Waals surface area (Å²) in [6, 6.07) is -1.38. The summed E-state index contributed by atoms with van der Waals surface area (Å²) in [4.78, 5) is 26.1. The van der Waals surface area contributed by atoms with E-state index in [-0.39, 0.29) is 12.5 Å². The van der Waals surface area contributed by atoms with Crippen LogP contribution < -0.4 is 0 Å². The Balaban J connectivity index is 1.81. The molecule has 2 heterocycles. The molecule has 0 spiro atoms. The van der Waals surface area contributed by atoms with Crippen molar-refractivity contribution in [1.82, 2.24) is 0 Å². The predicted molar refractivity (Wildman–Crippen MR) is 98.9 cm³/mol. The van der Waals surface area contributed by atoms with Crippen LogP contribution in [-0.4, -0.2) is 35.1 Å². The molecule has 5 aliphatic rings. The summed E-state index contributed by atoms with van der Waals surface area (Å²) in [6.45, 7) is 1.74. The zero-order valence-corrected chi connectivity index (χ0v) is 15.6. The highest BCUT2D eigenvalue weighted by Crippen LogP contribution is 2.52. The topological polar surface area (TPSA) is 52.6 Å². The summed E-state index contributed by atoms with van der Waals surface area (Å²) >= 11 is 0. The molecule has 0 N–H and O–H groups in total. The van der Waals surface area contributed by atoms with E-state index >= 15 is 0 Å². The minimum absolute atomic E-state index is 0.0839. The molecule has 0 aromatic carbocycles. The molecule has 2 aliphatic heterocycles. The highest BCUT2D eigenvalue weighted by molar-refractivity contribution is 5.99. The van der Waals surface area contributed by atoms with E-state index in [1.807, 2.05) is 30.4 Å². The van der Waals surface area contributed by atoms with Crippen molar-refractivity contribution >= 4 is 11.9 Å². The predicted octanol–water partition coefficient (Wildman–Crippen LogP) is 4.20. The van der Waals surface area contributed by atoms with Crippen molar-refractivity contribution in [3.63, 3.8) is 0 Å². The van der Waals surface area contributed by atoms with Crippen molar-refractivity contribution in [2.45, 2.75) is 25.5 Å². The molecule has 4 atom stereocenters. The number of nitrogens with zero attached hydrogens (tertiary/aromatic N) is 1. The Morgan fingerprint density at radius 1 is 1.31 bits per heavy atom. The van der Waals surface area contributed by atoms with E-state index in [0.29, 0.717) is 18.2 Å². The average molecular weight is 398 g/mol. The van der Waals surface area contributed by atoms with Crippen LogP contribution in [0.2, 0.25) is 0 Å².